The van der Waals surface area contributed by atoms with Gasteiger partial charge >= 0.3 is 5.97 Å². The van der Waals surface area contributed by atoms with Crippen LogP contribution in [0, 0.1) is 39.9 Å². The van der Waals surface area contributed by atoms with Gasteiger partial charge in [0.2, 0.25) is 6.29 Å². The molecule has 140 valence electrons. The van der Waals surface area contributed by atoms with Crippen LogP contribution < -0.4 is 0 Å². The minimum atomic E-state index is -1.04. The van der Waals surface area contributed by atoms with Crippen molar-refractivity contribution in [3.8, 4) is 0 Å². The zero-order valence-electron chi connectivity index (χ0n) is 15.4. The average molecular weight is 350 g/mol. The smallest absolute Gasteiger partial charge is 0.311 e. The average Bonchev–Trinajstić information content (AvgIpc) is 3.00. The van der Waals surface area contributed by atoms with Crippen molar-refractivity contribution in [2.75, 3.05) is 0 Å². The lowest BCUT2D eigenvalue weighted by Gasteiger charge is -2.66. The number of esters is 1. The summed E-state index contributed by atoms with van der Waals surface area (Å²) in [6, 6.07) is 0. The van der Waals surface area contributed by atoms with E-state index in [1.54, 1.807) is 0 Å². The molecule has 5 fully saturated rings. The molecule has 2 N–H and O–H groups in total. The Kier molecular flexibility index (Phi) is 3.16. The highest BCUT2D eigenvalue weighted by Crippen LogP contribution is 2.73. The highest BCUT2D eigenvalue weighted by molar-refractivity contribution is 5.75. The van der Waals surface area contributed by atoms with E-state index in [1.807, 2.05) is 0 Å². The van der Waals surface area contributed by atoms with Gasteiger partial charge in [-0.15, -0.1) is 0 Å². The largest absolute Gasteiger partial charge is 0.435 e. The lowest BCUT2D eigenvalue weighted by atomic mass is 9.38. The SMILES string of the molecule is CC1(C)CCC[C@@]2(C)C1C[C@@H](O)[C@@]13C2CC[C@H]2C(=O)OC(O[C@H]1O)[C@H]23. The van der Waals surface area contributed by atoms with E-state index in [1.165, 1.54) is 12.8 Å². The first-order valence-corrected chi connectivity index (χ1v) is 9.95. The second kappa shape index (κ2) is 4.79. The number of ether oxygens (including phenoxy) is 2. The van der Waals surface area contributed by atoms with Crippen LogP contribution in [-0.4, -0.2) is 34.9 Å². The molecule has 3 saturated carbocycles. The first-order chi connectivity index (χ1) is 11.7. The third-order valence-electron chi connectivity index (χ3n) is 9.01. The topological polar surface area (TPSA) is 76.0 Å². The van der Waals surface area contributed by atoms with Crippen molar-refractivity contribution in [1.82, 2.24) is 0 Å². The van der Waals surface area contributed by atoms with Gasteiger partial charge in [0.05, 0.1) is 17.4 Å². The Morgan fingerprint density at radius 3 is 2.60 bits per heavy atom. The molecule has 3 aliphatic carbocycles. The number of aliphatic hydroxyl groups excluding tert-OH is 2. The Morgan fingerprint density at radius 2 is 1.84 bits per heavy atom. The molecule has 2 heterocycles. The number of rotatable bonds is 0. The summed E-state index contributed by atoms with van der Waals surface area (Å²) in [6.45, 7) is 7.03. The number of hydrogen-bond donors (Lipinski definition) is 2. The fourth-order valence-corrected chi connectivity index (χ4v) is 8.13. The first kappa shape index (κ1) is 16.5. The summed E-state index contributed by atoms with van der Waals surface area (Å²) in [7, 11) is 0. The van der Waals surface area contributed by atoms with Crippen LogP contribution in [-0.2, 0) is 14.3 Å². The highest BCUT2D eigenvalue weighted by atomic mass is 16.8. The van der Waals surface area contributed by atoms with Gasteiger partial charge in [-0.05, 0) is 54.8 Å². The Labute approximate surface area is 149 Å². The van der Waals surface area contributed by atoms with Gasteiger partial charge in [-0.25, -0.2) is 0 Å². The molecular weight excluding hydrogens is 320 g/mol. The normalized spacial score (nSPS) is 58.9. The van der Waals surface area contributed by atoms with Gasteiger partial charge in [0.1, 0.15) is 0 Å². The van der Waals surface area contributed by atoms with Crippen molar-refractivity contribution >= 4 is 5.97 Å². The molecule has 0 aromatic rings. The standard InChI is InChI=1S/C20H30O5/c1-18(2)7-4-8-19(3)11-6-5-10-14-16(24-15(10)22)25-17(23)20(11,14)13(21)9-12(18)19/h10-14,16-17,21,23H,4-9H2,1-3H3/t10-,11?,12?,13-,14+,16?,17-,19-,20-/m1/s1. The van der Waals surface area contributed by atoms with Crippen LogP contribution >= 0.6 is 0 Å². The summed E-state index contributed by atoms with van der Waals surface area (Å²) in [6.07, 6.45) is 3.48. The molecule has 5 heteroatoms. The molecule has 0 radical (unpaired) electrons. The molecule has 5 aliphatic rings. The van der Waals surface area contributed by atoms with Gasteiger partial charge in [0, 0.05) is 5.92 Å². The second-order valence-corrected chi connectivity index (χ2v) is 10.2. The maximum absolute atomic E-state index is 12.3. The molecule has 5 nitrogen and oxygen atoms in total. The number of carbonyl (C=O) groups excluding carboxylic acids is 1. The minimum absolute atomic E-state index is 0.0663. The van der Waals surface area contributed by atoms with Crippen LogP contribution in [0.15, 0.2) is 0 Å². The van der Waals surface area contributed by atoms with E-state index in [0.717, 1.165) is 19.3 Å². The number of aliphatic hydroxyl groups is 2. The fourth-order valence-electron chi connectivity index (χ4n) is 8.13. The van der Waals surface area contributed by atoms with Gasteiger partial charge in [-0.1, -0.05) is 27.2 Å². The summed E-state index contributed by atoms with van der Waals surface area (Å²) < 4.78 is 11.2. The van der Waals surface area contributed by atoms with E-state index in [9.17, 15) is 15.0 Å². The summed E-state index contributed by atoms with van der Waals surface area (Å²) >= 11 is 0. The van der Waals surface area contributed by atoms with Gasteiger partial charge < -0.3 is 19.7 Å². The Balaban J connectivity index is 1.65. The van der Waals surface area contributed by atoms with Crippen LogP contribution in [0.5, 0.6) is 0 Å². The van der Waals surface area contributed by atoms with Crippen LogP contribution in [0.4, 0.5) is 0 Å². The lowest BCUT2D eigenvalue weighted by Crippen LogP contribution is -2.67. The molecule has 1 spiro atoms. The zero-order valence-corrected chi connectivity index (χ0v) is 15.4. The molecular formula is C20H30O5. The molecule has 2 aliphatic heterocycles. The van der Waals surface area contributed by atoms with Crippen molar-refractivity contribution in [2.24, 2.45) is 39.9 Å². The van der Waals surface area contributed by atoms with E-state index >= 15 is 0 Å². The third-order valence-corrected chi connectivity index (χ3v) is 9.01. The van der Waals surface area contributed by atoms with Crippen molar-refractivity contribution in [1.29, 1.82) is 0 Å². The van der Waals surface area contributed by atoms with E-state index in [-0.39, 0.29) is 34.6 Å². The third kappa shape index (κ3) is 1.73. The van der Waals surface area contributed by atoms with Gasteiger partial charge in [0.15, 0.2) is 6.29 Å². The summed E-state index contributed by atoms with van der Waals surface area (Å²) in [4.78, 5) is 12.3. The molecule has 0 amide bonds. The van der Waals surface area contributed by atoms with Gasteiger partial charge in [0.25, 0.3) is 0 Å². The molecule has 3 unspecified atom stereocenters. The lowest BCUT2D eigenvalue weighted by molar-refractivity contribution is -0.275. The van der Waals surface area contributed by atoms with Crippen LogP contribution in [0.2, 0.25) is 0 Å². The summed E-state index contributed by atoms with van der Waals surface area (Å²) in [5, 5.41) is 22.3. The molecule has 2 saturated heterocycles. The van der Waals surface area contributed by atoms with Crippen LogP contribution in [0.3, 0.4) is 0 Å². The van der Waals surface area contributed by atoms with Crippen LogP contribution in [0.1, 0.15) is 59.3 Å². The molecule has 25 heavy (non-hydrogen) atoms. The number of carbonyl (C=O) groups is 1. The van der Waals surface area contributed by atoms with Gasteiger partial charge in [-0.3, -0.25) is 4.79 Å². The Hall–Kier alpha value is -0.650. The molecule has 0 bridgehead atoms. The Bertz CT molecular complexity index is 617. The Morgan fingerprint density at radius 1 is 1.08 bits per heavy atom. The van der Waals surface area contributed by atoms with E-state index in [2.05, 4.69) is 20.8 Å². The van der Waals surface area contributed by atoms with Crippen molar-refractivity contribution in [3.63, 3.8) is 0 Å². The number of hydrogen-bond acceptors (Lipinski definition) is 5. The highest BCUT2D eigenvalue weighted by Gasteiger charge is 2.77. The molecule has 5 rings (SSSR count). The maximum Gasteiger partial charge on any atom is 0.311 e. The fraction of sp³-hybridized carbons (Fsp3) is 0.950. The predicted octanol–water partition coefficient (Wildman–Crippen LogP) is 2.44. The zero-order chi connectivity index (χ0) is 17.8. The first-order valence-electron chi connectivity index (χ1n) is 9.95. The molecule has 0 aromatic carbocycles. The quantitative estimate of drug-likeness (QED) is 0.656. The van der Waals surface area contributed by atoms with Crippen LogP contribution in [0.25, 0.3) is 0 Å². The minimum Gasteiger partial charge on any atom is -0.435 e. The summed E-state index contributed by atoms with van der Waals surface area (Å²) in [5.41, 5.74) is -0.493. The predicted molar refractivity (Wildman–Crippen MR) is 89.0 cm³/mol. The number of fused-ring (bicyclic) bond motifs is 2. The summed E-state index contributed by atoms with van der Waals surface area (Å²) in [5.74, 6) is -0.0381. The molecule has 0 aromatic heterocycles. The van der Waals surface area contributed by atoms with E-state index in [4.69, 9.17) is 9.47 Å². The van der Waals surface area contributed by atoms with Crippen molar-refractivity contribution < 1.29 is 24.5 Å². The second-order valence-electron chi connectivity index (χ2n) is 10.2. The van der Waals surface area contributed by atoms with Crippen molar-refractivity contribution in [2.45, 2.75) is 78.0 Å². The van der Waals surface area contributed by atoms with Gasteiger partial charge in [-0.2, -0.15) is 0 Å². The monoisotopic (exact) mass is 350 g/mol. The maximum atomic E-state index is 12.3. The van der Waals surface area contributed by atoms with Crippen molar-refractivity contribution in [3.05, 3.63) is 0 Å². The van der Waals surface area contributed by atoms with E-state index in [0.29, 0.717) is 12.3 Å². The van der Waals surface area contributed by atoms with E-state index < -0.39 is 24.1 Å². The molecule has 9 atom stereocenters.